The molecule has 4 saturated carbocycles. The molecule has 0 aromatic heterocycles. The largest absolute Gasteiger partial charge is 0.481 e. The van der Waals surface area contributed by atoms with Crippen LogP contribution in [0.4, 0.5) is 0 Å². The van der Waals surface area contributed by atoms with Crippen LogP contribution in [-0.2, 0) is 106 Å². The van der Waals surface area contributed by atoms with Crippen molar-refractivity contribution in [2.45, 2.75) is 347 Å². The Bertz CT molecular complexity index is 3840. The van der Waals surface area contributed by atoms with Crippen LogP contribution < -0.4 is 30.0 Å². The zero-order valence-corrected chi connectivity index (χ0v) is 73.5. The number of rotatable bonds is 20. The lowest BCUT2D eigenvalue weighted by atomic mass is 9.58. The maximum absolute atomic E-state index is 11.9. The van der Waals surface area contributed by atoms with E-state index in [0.29, 0.717) is 90.9 Å². The number of benzene rings is 2. The lowest BCUT2D eigenvalue weighted by Crippen LogP contribution is -2.70. The minimum absolute atomic E-state index is 0.00248. The van der Waals surface area contributed by atoms with Crippen molar-refractivity contribution in [3.05, 3.63) is 48.5 Å². The van der Waals surface area contributed by atoms with Gasteiger partial charge in [0.2, 0.25) is 35.7 Å². The molecule has 30 nitrogen and oxygen atoms in total. The molecule has 20 fully saturated rings. The van der Waals surface area contributed by atoms with Crippen molar-refractivity contribution in [1.82, 2.24) is 5.32 Å². The first-order chi connectivity index (χ1) is 57.0. The fourth-order valence-electron chi connectivity index (χ4n) is 23.4. The second kappa shape index (κ2) is 35.6. The van der Waals surface area contributed by atoms with Crippen LogP contribution >= 0.6 is 0 Å². The molecule has 5 N–H and O–H groups in total. The molecule has 2 aromatic rings. The Morgan fingerprint density at radius 1 is 0.492 bits per heavy atom. The van der Waals surface area contributed by atoms with Gasteiger partial charge in [-0.1, -0.05) is 61.5 Å². The number of ether oxygens (including phenoxy) is 15. The highest BCUT2D eigenvalue weighted by atomic mass is 17.3. The molecule has 0 radical (unpaired) electrons. The molecular formula is C90H136N2O28. The molecule has 34 atom stereocenters. The quantitative estimate of drug-likeness (QED) is 0.0543. The van der Waals surface area contributed by atoms with Crippen LogP contribution in [0.15, 0.2) is 48.5 Å². The van der Waals surface area contributed by atoms with Crippen molar-refractivity contribution in [2.24, 2.45) is 100 Å². The van der Waals surface area contributed by atoms with E-state index in [2.05, 4.69) is 81.5 Å². The number of carboxylic acid groups (broad SMARTS) is 1. The molecular weight excluding hydrogens is 1560 g/mol. The predicted molar refractivity (Wildman–Crippen MR) is 425 cm³/mol. The average molecular weight is 1690 g/mol. The number of nitrogens with one attached hydrogen (secondary N) is 1. The van der Waals surface area contributed by atoms with Crippen molar-refractivity contribution < 1.29 is 135 Å². The van der Waals surface area contributed by atoms with Crippen molar-refractivity contribution in [1.29, 1.82) is 0 Å². The lowest BCUT2D eigenvalue weighted by Gasteiger charge is -2.60. The van der Waals surface area contributed by atoms with Crippen molar-refractivity contribution >= 4 is 17.9 Å². The van der Waals surface area contributed by atoms with Crippen molar-refractivity contribution in [3.63, 3.8) is 0 Å². The van der Waals surface area contributed by atoms with Crippen molar-refractivity contribution in [3.8, 4) is 23.0 Å². The summed E-state index contributed by atoms with van der Waals surface area (Å²) in [5, 5.41) is 22.4. The van der Waals surface area contributed by atoms with Gasteiger partial charge in [0.25, 0.3) is 0 Å². The van der Waals surface area contributed by atoms with E-state index in [1.165, 1.54) is 12.8 Å². The predicted octanol–water partition coefficient (Wildman–Crippen LogP) is 13.8. The van der Waals surface area contributed by atoms with Gasteiger partial charge in [0.1, 0.15) is 23.0 Å². The van der Waals surface area contributed by atoms with Crippen LogP contribution in [0.5, 0.6) is 23.0 Å². The molecule has 30 heteroatoms. The fourth-order valence-corrected chi connectivity index (χ4v) is 23.4. The van der Waals surface area contributed by atoms with E-state index in [0.717, 1.165) is 89.9 Å². The van der Waals surface area contributed by atoms with Crippen LogP contribution in [0, 0.1) is 94.7 Å². The Morgan fingerprint density at radius 2 is 0.867 bits per heavy atom. The molecule has 0 amide bonds. The number of carboxylic acids is 1. The van der Waals surface area contributed by atoms with Crippen molar-refractivity contribution in [2.75, 3.05) is 32.9 Å². The molecule has 674 valence electrons. The molecule has 16 aliphatic heterocycles. The number of carbonyl (C=O) groups excluding carboxylic acids is 2. The Hall–Kier alpha value is -4.59. The second-order valence-corrected chi connectivity index (χ2v) is 39.4. The highest BCUT2D eigenvalue weighted by Gasteiger charge is 2.75. The minimum Gasteiger partial charge on any atom is -0.481 e. The van der Waals surface area contributed by atoms with Gasteiger partial charge in [0.05, 0.1) is 38.8 Å². The van der Waals surface area contributed by atoms with Gasteiger partial charge in [-0.3, -0.25) is 9.59 Å². The third kappa shape index (κ3) is 17.5. The fraction of sp³-hybridized carbons (Fsp3) is 0.833. The first-order valence-electron chi connectivity index (χ1n) is 45.0. The van der Waals surface area contributed by atoms with Crippen LogP contribution in [0.2, 0.25) is 0 Å². The topological polar surface area (TPSA) is 342 Å². The third-order valence-electron chi connectivity index (χ3n) is 29.9. The zero-order chi connectivity index (χ0) is 85.4. The number of esters is 2. The SMILES string of the molecule is CCOC(=O)C(C)Oc1ccc(O[C@H]2O[C@H]3O[C@@]4(C)CCC5[C@H](C)CCC([C@H]2C)[C@]53OO4)cc1.C[C@@H]1CCC2[C@@H](C)[C@@H](OCC(O)CNC(C)(C)C)O[C@H]3O[C@@]4(C)CCC1[C@@]23OO4.C[C@@H]1CCC2[C@@H](C)[C@@H](OCCN)O[C@H]3O[C@@]4(C)CCC1[C@@]23OO4.C[C@@H]1CCC2[C@@H](C)[C@@H](Oc3cccc(OC(=O)CCC(=O)O)c3)O[C@H]3O[C@@]4(C)CCC1[C@@]23OO4. The summed E-state index contributed by atoms with van der Waals surface area (Å²) in [5.41, 5.74) is 3.21. The second-order valence-electron chi connectivity index (χ2n) is 39.4. The number of aliphatic hydroxyl groups is 1. The van der Waals surface area contributed by atoms with Crippen LogP contribution in [0.25, 0.3) is 0 Å². The van der Waals surface area contributed by atoms with Gasteiger partial charge < -0.3 is 92.3 Å². The summed E-state index contributed by atoms with van der Waals surface area (Å²) in [4.78, 5) is 82.3. The van der Waals surface area contributed by atoms with E-state index < -0.39 is 114 Å². The number of aliphatic carboxylic acids is 1. The lowest BCUT2D eigenvalue weighted by molar-refractivity contribution is -0.577. The summed E-state index contributed by atoms with van der Waals surface area (Å²) >= 11 is 0. The number of hydrogen-bond donors (Lipinski definition) is 4. The van der Waals surface area contributed by atoms with Gasteiger partial charge in [-0.05, 0) is 223 Å². The van der Waals surface area contributed by atoms with E-state index in [-0.39, 0.29) is 90.3 Å². The van der Waals surface area contributed by atoms with Gasteiger partial charge in [-0.2, -0.15) is 0 Å². The molecule has 22 rings (SSSR count). The number of hydrogen-bond acceptors (Lipinski definition) is 29. The number of carbonyl (C=O) groups is 3. The standard InChI is InChI=1S/C26H36O8.C25H32O9.C22H39NO6.C17H29NO5/c1-6-28-22(27)17(4)29-18-8-10-19(11-9-18)30-23-16(3)21-12-7-15(2)20-13-14-25(5)32-24(31-23)26(20,21)34-33-25;1-14-7-8-19-15(2)22(31-23-25(19)18(14)11-12-24(3,32-23)33-34-25)30-17-6-4-5-16(13-17)29-21(28)10-9-20(26)27;1-13-7-8-17-14(2)18(25-12-15(24)11-23-20(3,4)5)26-19-22(17)16(13)9-10-21(6,27-19)28-29-22;1-10-4-5-13-11(2)14(19-9-8-18)20-15-17(13)12(10)6-7-16(3,21-15)22-23-17/h8-11,15-17,20-21,23-24H,6-7,12-14H2,1-5H3;4-6,13-15,18-19,22-23H,7-12H2,1-3H3,(H,26,27);13-19,23-24H,7-12H2,1-6H3;10-15H,4-9,18H2,1-3H3/t15-,16-,17?,20?,21?,23+,24+,25-,26-;14-,15-,18?,19?,22+,23+,24-,25-;13-,14-,15?,16?,17?,18+,19+,21-,22-;10-,11-,12?,13?,14+,15+,16-,17-/m1111/s1. The van der Waals surface area contributed by atoms with E-state index in [4.69, 9.17) is 121 Å². The zero-order valence-electron chi connectivity index (χ0n) is 73.5. The van der Waals surface area contributed by atoms with Gasteiger partial charge in [0.15, 0.2) is 66.2 Å². The van der Waals surface area contributed by atoms with Crippen LogP contribution in [0.3, 0.4) is 0 Å². The summed E-state index contributed by atoms with van der Waals surface area (Å²) < 4.78 is 91.3. The molecule has 10 unspecified atom stereocenters. The summed E-state index contributed by atoms with van der Waals surface area (Å²) in [5.74, 6) is 1.56. The maximum atomic E-state index is 11.9. The number of fused-ring (bicyclic) bond motifs is 8. The smallest absolute Gasteiger partial charge is 0.347 e. The maximum Gasteiger partial charge on any atom is 0.347 e. The van der Waals surface area contributed by atoms with E-state index in [1.54, 1.807) is 50.2 Å². The number of nitrogens with two attached hydrogens (primary N) is 1. The molecule has 16 heterocycles. The highest BCUT2D eigenvalue weighted by molar-refractivity contribution is 5.78. The first-order valence-corrected chi connectivity index (χ1v) is 45.0. The van der Waals surface area contributed by atoms with Crippen LogP contribution in [-0.4, -0.2) is 175 Å². The highest BCUT2D eigenvalue weighted by Crippen LogP contribution is 2.66. The Kier molecular flexibility index (Phi) is 26.7. The summed E-state index contributed by atoms with van der Waals surface area (Å²) in [6.45, 7) is 37.2. The van der Waals surface area contributed by atoms with E-state index in [9.17, 15) is 19.5 Å². The molecule has 20 aliphatic rings. The molecule has 4 aliphatic carbocycles. The third-order valence-corrected chi connectivity index (χ3v) is 29.9. The summed E-state index contributed by atoms with van der Waals surface area (Å²) in [6.07, 6.45) is 10.3. The van der Waals surface area contributed by atoms with Gasteiger partial charge in [-0.25, -0.2) is 43.9 Å². The van der Waals surface area contributed by atoms with Gasteiger partial charge >= 0.3 is 17.9 Å². The molecule has 2 aromatic carbocycles. The molecule has 16 saturated heterocycles. The monoisotopic (exact) mass is 1690 g/mol. The van der Waals surface area contributed by atoms with Gasteiger partial charge in [0, 0.05) is 97.7 Å². The Balaban J connectivity index is 0.000000126. The van der Waals surface area contributed by atoms with E-state index in [1.807, 2.05) is 39.8 Å². The normalized spacial score (nSPS) is 45.6. The number of β-amino-alcohol motifs (C(OH)–C–C–N with tert-alkyl or cyclic N) is 1. The number of aliphatic hydroxyl groups excluding tert-OH is 1. The first kappa shape index (κ1) is 90.2. The average Bonchev–Trinajstić information content (AvgIpc) is 1.43. The van der Waals surface area contributed by atoms with E-state index >= 15 is 0 Å². The minimum atomic E-state index is -1.05. The van der Waals surface area contributed by atoms with Crippen LogP contribution in [0.1, 0.15) is 233 Å². The molecule has 120 heavy (non-hydrogen) atoms. The molecule has 4 spiro atoms. The molecule has 8 bridgehead atoms. The van der Waals surface area contributed by atoms with Gasteiger partial charge in [-0.15, -0.1) is 0 Å². The summed E-state index contributed by atoms with van der Waals surface area (Å²) in [7, 11) is 0. The Morgan fingerprint density at radius 3 is 1.26 bits per heavy atom. The Labute approximate surface area is 706 Å². The summed E-state index contributed by atoms with van der Waals surface area (Å²) in [6, 6.07) is 13.9.